The third-order valence-electron chi connectivity index (χ3n) is 2.03. The second-order valence-electron chi connectivity index (χ2n) is 3.39. The molecule has 0 amide bonds. The smallest absolute Gasteiger partial charge is 0.0810 e. The van der Waals surface area contributed by atoms with Crippen LogP contribution in [0.15, 0.2) is 17.5 Å². The first-order valence-electron chi connectivity index (χ1n) is 5.11. The van der Waals surface area contributed by atoms with E-state index in [0.717, 1.165) is 19.3 Å². The third kappa shape index (κ3) is 4.74. The van der Waals surface area contributed by atoms with E-state index in [-0.39, 0.29) is 6.10 Å². The molecule has 1 heterocycles. The van der Waals surface area contributed by atoms with E-state index in [9.17, 15) is 5.11 Å². The molecule has 0 bridgehead atoms. The fraction of sp³-hybridized carbons (Fsp3) is 0.636. The van der Waals surface area contributed by atoms with Gasteiger partial charge in [-0.25, -0.2) is 0 Å². The quantitative estimate of drug-likeness (QED) is 0.756. The Morgan fingerprint density at radius 3 is 3.07 bits per heavy atom. The summed E-state index contributed by atoms with van der Waals surface area (Å²) in [6.45, 7) is 3.21. The minimum atomic E-state index is -0.296. The first-order valence-corrected chi connectivity index (χ1v) is 5.99. The Balaban J connectivity index is 2.03. The molecule has 80 valence electrons. The highest BCUT2D eigenvalue weighted by Gasteiger charge is 2.03. The number of aliphatic hydroxyl groups excluding tert-OH is 1. The summed E-state index contributed by atoms with van der Waals surface area (Å²) < 4.78 is 5.40. The summed E-state index contributed by atoms with van der Waals surface area (Å²) in [5.74, 6) is 0. The molecule has 1 rings (SSSR count). The van der Waals surface area contributed by atoms with Crippen molar-refractivity contribution in [1.82, 2.24) is 0 Å². The van der Waals surface area contributed by atoms with Crippen LogP contribution in [-0.2, 0) is 11.3 Å². The van der Waals surface area contributed by atoms with Crippen LogP contribution in [0.25, 0.3) is 0 Å². The fourth-order valence-corrected chi connectivity index (χ4v) is 1.85. The minimum absolute atomic E-state index is 0.296. The van der Waals surface area contributed by atoms with E-state index < -0.39 is 0 Å². The van der Waals surface area contributed by atoms with E-state index in [0.29, 0.717) is 13.2 Å². The summed E-state index contributed by atoms with van der Waals surface area (Å²) in [5, 5.41) is 11.5. The monoisotopic (exact) mass is 214 g/mol. The maximum Gasteiger partial charge on any atom is 0.0810 e. The first kappa shape index (κ1) is 11.7. The zero-order valence-corrected chi connectivity index (χ0v) is 9.43. The Bertz CT molecular complexity index is 221. The van der Waals surface area contributed by atoms with Gasteiger partial charge in [0.15, 0.2) is 0 Å². The summed E-state index contributed by atoms with van der Waals surface area (Å²) in [5.41, 5.74) is 0. The number of hydrogen-bond acceptors (Lipinski definition) is 3. The number of unbranched alkanes of at least 4 members (excludes halogenated alkanes) is 1. The average Bonchev–Trinajstić information content (AvgIpc) is 2.67. The van der Waals surface area contributed by atoms with Crippen molar-refractivity contribution in [2.45, 2.75) is 38.9 Å². The Labute approximate surface area is 89.5 Å². The molecular formula is C11H18O2S. The predicted octanol–water partition coefficient (Wildman–Crippen LogP) is 2.82. The minimum Gasteiger partial charge on any atom is -0.391 e. The molecule has 0 spiro atoms. The van der Waals surface area contributed by atoms with Gasteiger partial charge in [0.2, 0.25) is 0 Å². The molecule has 1 atom stereocenters. The highest BCUT2D eigenvalue weighted by Crippen LogP contribution is 2.10. The zero-order chi connectivity index (χ0) is 10.2. The van der Waals surface area contributed by atoms with E-state index in [1.54, 1.807) is 11.3 Å². The van der Waals surface area contributed by atoms with Crippen molar-refractivity contribution < 1.29 is 9.84 Å². The largest absolute Gasteiger partial charge is 0.391 e. The van der Waals surface area contributed by atoms with Gasteiger partial charge in [0.1, 0.15) is 0 Å². The van der Waals surface area contributed by atoms with E-state index in [1.807, 2.05) is 17.5 Å². The molecule has 1 aromatic rings. The Hall–Kier alpha value is -0.380. The van der Waals surface area contributed by atoms with Gasteiger partial charge in [-0.15, -0.1) is 11.3 Å². The van der Waals surface area contributed by atoms with Crippen LogP contribution in [-0.4, -0.2) is 17.8 Å². The van der Waals surface area contributed by atoms with Crippen molar-refractivity contribution in [1.29, 1.82) is 0 Å². The lowest BCUT2D eigenvalue weighted by atomic mass is 10.2. The third-order valence-corrected chi connectivity index (χ3v) is 2.88. The predicted molar refractivity (Wildman–Crippen MR) is 59.5 cm³/mol. The van der Waals surface area contributed by atoms with Crippen molar-refractivity contribution in [3.63, 3.8) is 0 Å². The number of thiophene rings is 1. The van der Waals surface area contributed by atoms with Gasteiger partial charge >= 0.3 is 0 Å². The van der Waals surface area contributed by atoms with Gasteiger partial charge in [0.05, 0.1) is 19.3 Å². The molecular weight excluding hydrogens is 196 g/mol. The maximum absolute atomic E-state index is 9.49. The molecule has 0 aliphatic carbocycles. The lowest BCUT2D eigenvalue weighted by molar-refractivity contribution is 0.0245. The normalized spacial score (nSPS) is 13.0. The van der Waals surface area contributed by atoms with Crippen molar-refractivity contribution in [3.05, 3.63) is 22.4 Å². The zero-order valence-electron chi connectivity index (χ0n) is 8.61. The molecule has 14 heavy (non-hydrogen) atoms. The number of hydrogen-bond donors (Lipinski definition) is 1. The van der Waals surface area contributed by atoms with Crippen molar-refractivity contribution in [3.8, 4) is 0 Å². The van der Waals surface area contributed by atoms with Crippen molar-refractivity contribution in [2.75, 3.05) is 6.61 Å². The number of ether oxygens (including phenoxy) is 1. The van der Waals surface area contributed by atoms with Gasteiger partial charge < -0.3 is 9.84 Å². The Morgan fingerprint density at radius 1 is 1.57 bits per heavy atom. The molecule has 0 radical (unpaired) electrons. The molecule has 0 fully saturated rings. The number of rotatable bonds is 7. The standard InChI is InChI=1S/C11H18O2S/c1-2-3-5-10(12)8-13-9-11-6-4-7-14-11/h4,6-7,10,12H,2-3,5,8-9H2,1H3/t10-/m1/s1. The van der Waals surface area contributed by atoms with Crippen LogP contribution < -0.4 is 0 Å². The van der Waals surface area contributed by atoms with Crippen LogP contribution in [0.3, 0.4) is 0 Å². The molecule has 1 N–H and O–H groups in total. The van der Waals surface area contributed by atoms with Crippen LogP contribution >= 0.6 is 11.3 Å². The second kappa shape index (κ2) is 6.98. The van der Waals surface area contributed by atoms with Gasteiger partial charge in [-0.1, -0.05) is 25.8 Å². The summed E-state index contributed by atoms with van der Waals surface area (Å²) >= 11 is 1.69. The van der Waals surface area contributed by atoms with Crippen LogP contribution in [0.4, 0.5) is 0 Å². The van der Waals surface area contributed by atoms with Gasteiger partial charge in [-0.2, -0.15) is 0 Å². The molecule has 0 aromatic carbocycles. The first-order chi connectivity index (χ1) is 6.83. The van der Waals surface area contributed by atoms with Crippen LogP contribution in [0, 0.1) is 0 Å². The molecule has 0 unspecified atom stereocenters. The van der Waals surface area contributed by atoms with E-state index in [2.05, 4.69) is 6.92 Å². The van der Waals surface area contributed by atoms with E-state index in [4.69, 9.17) is 4.74 Å². The Morgan fingerprint density at radius 2 is 2.43 bits per heavy atom. The maximum atomic E-state index is 9.49. The van der Waals surface area contributed by atoms with Gasteiger partial charge in [-0.05, 0) is 17.9 Å². The fourth-order valence-electron chi connectivity index (χ4n) is 1.21. The topological polar surface area (TPSA) is 29.5 Å². The van der Waals surface area contributed by atoms with Crippen LogP contribution in [0.1, 0.15) is 31.1 Å². The van der Waals surface area contributed by atoms with Gasteiger partial charge in [0, 0.05) is 4.88 Å². The van der Waals surface area contributed by atoms with Gasteiger partial charge in [0.25, 0.3) is 0 Å². The number of aliphatic hydroxyl groups is 1. The molecule has 0 saturated carbocycles. The molecule has 0 saturated heterocycles. The van der Waals surface area contributed by atoms with E-state index >= 15 is 0 Å². The van der Waals surface area contributed by atoms with Crippen molar-refractivity contribution in [2.24, 2.45) is 0 Å². The summed E-state index contributed by atoms with van der Waals surface area (Å²) in [7, 11) is 0. The lowest BCUT2D eigenvalue weighted by Gasteiger charge is -2.09. The summed E-state index contributed by atoms with van der Waals surface area (Å²) in [6, 6.07) is 4.06. The van der Waals surface area contributed by atoms with Crippen molar-refractivity contribution >= 4 is 11.3 Å². The molecule has 0 aliphatic heterocycles. The molecule has 2 nitrogen and oxygen atoms in total. The summed E-state index contributed by atoms with van der Waals surface area (Å²) in [4.78, 5) is 1.22. The average molecular weight is 214 g/mol. The van der Waals surface area contributed by atoms with Crippen LogP contribution in [0.5, 0.6) is 0 Å². The summed E-state index contributed by atoms with van der Waals surface area (Å²) in [6.07, 6.45) is 2.75. The lowest BCUT2D eigenvalue weighted by Crippen LogP contribution is -2.14. The highest BCUT2D eigenvalue weighted by molar-refractivity contribution is 7.09. The molecule has 1 aromatic heterocycles. The van der Waals surface area contributed by atoms with E-state index in [1.165, 1.54) is 4.88 Å². The molecule has 0 aliphatic rings. The molecule has 3 heteroatoms. The highest BCUT2D eigenvalue weighted by atomic mass is 32.1. The van der Waals surface area contributed by atoms with Crippen LogP contribution in [0.2, 0.25) is 0 Å². The Kier molecular flexibility index (Phi) is 5.83. The second-order valence-corrected chi connectivity index (χ2v) is 4.42. The SMILES string of the molecule is CCCC[C@@H](O)COCc1cccs1. The van der Waals surface area contributed by atoms with Gasteiger partial charge in [-0.3, -0.25) is 0 Å².